The molecule has 4 nitrogen and oxygen atoms in total. The molecule has 0 aromatic carbocycles. The summed E-state index contributed by atoms with van der Waals surface area (Å²) in [6, 6.07) is 0. The van der Waals surface area contributed by atoms with Crippen molar-refractivity contribution >= 4 is 5.91 Å². The van der Waals surface area contributed by atoms with Crippen molar-refractivity contribution in [2.45, 2.75) is 19.0 Å². The van der Waals surface area contributed by atoms with Crippen LogP contribution in [0, 0.1) is 5.92 Å². The lowest BCUT2D eigenvalue weighted by Crippen LogP contribution is -2.43. The Bertz CT molecular complexity index is 277. The van der Waals surface area contributed by atoms with Crippen LogP contribution in [0.1, 0.15) is 12.8 Å². The first kappa shape index (κ1) is 15.2. The Balaban J connectivity index is 2.40. The minimum Gasteiger partial charge on any atom is -0.342 e. The summed E-state index contributed by atoms with van der Waals surface area (Å²) in [7, 11) is 1.52. The Morgan fingerprint density at radius 3 is 2.39 bits per heavy atom. The molecule has 1 aliphatic rings. The quantitative estimate of drug-likeness (QED) is 0.797. The normalized spacial score (nSPS) is 18.4. The van der Waals surface area contributed by atoms with E-state index in [0.717, 1.165) is 12.8 Å². The highest BCUT2D eigenvalue weighted by atomic mass is 19.4. The number of nitrogens with two attached hydrogens (primary N) is 1. The second kappa shape index (κ2) is 6.38. The predicted octanol–water partition coefficient (Wildman–Crippen LogP) is 0.678. The zero-order chi connectivity index (χ0) is 13.8. The highest BCUT2D eigenvalue weighted by Gasteiger charge is 2.39. The van der Waals surface area contributed by atoms with Gasteiger partial charge in [0.15, 0.2) is 0 Å². The Hall–Kier alpha value is -0.820. The number of likely N-dealkylation sites (N-methyl/N-ethyl adjacent to an activating group) is 1. The summed E-state index contributed by atoms with van der Waals surface area (Å²) in [6.45, 7) is 0.760. The molecule has 0 aliphatic carbocycles. The molecule has 1 fully saturated rings. The van der Waals surface area contributed by atoms with Crippen molar-refractivity contribution < 1.29 is 18.0 Å². The van der Waals surface area contributed by atoms with Crippen LogP contribution in [0.3, 0.4) is 0 Å². The fraction of sp³-hybridized carbons (Fsp3) is 0.909. The summed E-state index contributed by atoms with van der Waals surface area (Å²) in [5, 5.41) is 0. The van der Waals surface area contributed by atoms with Crippen LogP contribution < -0.4 is 5.73 Å². The van der Waals surface area contributed by atoms with Crippen molar-refractivity contribution in [2.24, 2.45) is 11.7 Å². The van der Waals surface area contributed by atoms with Gasteiger partial charge in [-0.1, -0.05) is 0 Å². The number of carbonyl (C=O) groups is 1. The number of hydrogen-bond donors (Lipinski definition) is 1. The first-order chi connectivity index (χ1) is 8.34. The molecule has 1 amide bonds. The summed E-state index contributed by atoms with van der Waals surface area (Å²) < 4.78 is 37.6. The molecule has 2 N–H and O–H groups in total. The van der Waals surface area contributed by atoms with E-state index in [2.05, 4.69) is 0 Å². The number of rotatable bonds is 5. The van der Waals surface area contributed by atoms with Crippen molar-refractivity contribution in [2.75, 3.05) is 39.8 Å². The van der Waals surface area contributed by atoms with Gasteiger partial charge in [-0.15, -0.1) is 0 Å². The van der Waals surface area contributed by atoms with Crippen molar-refractivity contribution in [1.29, 1.82) is 0 Å². The molecule has 1 atom stereocenters. The molecule has 0 radical (unpaired) electrons. The maximum absolute atomic E-state index is 12.5. The Morgan fingerprint density at radius 1 is 1.39 bits per heavy atom. The lowest BCUT2D eigenvalue weighted by atomic mass is 10.1. The molecule has 0 spiro atoms. The molecule has 1 rings (SSSR count). The molecule has 0 bridgehead atoms. The number of halogens is 3. The second-order valence-electron chi connectivity index (χ2n) is 4.76. The van der Waals surface area contributed by atoms with Crippen molar-refractivity contribution in [3.8, 4) is 0 Å². The third-order valence-electron chi connectivity index (χ3n) is 3.14. The van der Waals surface area contributed by atoms with Crippen LogP contribution in [0.15, 0.2) is 0 Å². The molecule has 1 saturated heterocycles. The number of carbonyl (C=O) groups excluding carboxylic acids is 1. The zero-order valence-corrected chi connectivity index (χ0v) is 10.5. The van der Waals surface area contributed by atoms with Gasteiger partial charge < -0.3 is 10.6 Å². The second-order valence-corrected chi connectivity index (χ2v) is 4.76. The minimum absolute atomic E-state index is 0.0204. The van der Waals surface area contributed by atoms with E-state index in [1.807, 2.05) is 0 Å². The van der Waals surface area contributed by atoms with Gasteiger partial charge in [-0.3, -0.25) is 9.69 Å². The minimum atomic E-state index is -4.31. The van der Waals surface area contributed by atoms with Crippen molar-refractivity contribution in [3.63, 3.8) is 0 Å². The fourth-order valence-electron chi connectivity index (χ4n) is 2.05. The number of alkyl halides is 3. The van der Waals surface area contributed by atoms with Gasteiger partial charge in [0.2, 0.25) is 5.91 Å². The van der Waals surface area contributed by atoms with Gasteiger partial charge >= 0.3 is 6.18 Å². The Kier molecular flexibility index (Phi) is 5.40. The van der Waals surface area contributed by atoms with E-state index in [1.54, 1.807) is 4.90 Å². The molecule has 1 heterocycles. The van der Waals surface area contributed by atoms with Crippen LogP contribution in [0.2, 0.25) is 0 Å². The maximum Gasteiger partial charge on any atom is 0.394 e. The summed E-state index contributed by atoms with van der Waals surface area (Å²) in [5.74, 6) is -1.68. The lowest BCUT2D eigenvalue weighted by Gasteiger charge is -2.26. The van der Waals surface area contributed by atoms with E-state index < -0.39 is 18.6 Å². The van der Waals surface area contributed by atoms with Gasteiger partial charge in [0, 0.05) is 26.2 Å². The van der Waals surface area contributed by atoms with Crippen LogP contribution in [0.25, 0.3) is 0 Å². The molecule has 18 heavy (non-hydrogen) atoms. The van der Waals surface area contributed by atoms with E-state index in [9.17, 15) is 18.0 Å². The average Bonchev–Trinajstić information content (AvgIpc) is 2.77. The summed E-state index contributed by atoms with van der Waals surface area (Å²) >= 11 is 0. The Labute approximate surface area is 105 Å². The molecule has 1 aliphatic heterocycles. The molecular formula is C11H20F3N3O. The van der Waals surface area contributed by atoms with Gasteiger partial charge in [-0.25, -0.2) is 0 Å². The number of hydrogen-bond acceptors (Lipinski definition) is 3. The predicted molar refractivity (Wildman–Crippen MR) is 61.9 cm³/mol. The first-order valence-corrected chi connectivity index (χ1v) is 6.07. The summed E-state index contributed by atoms with van der Waals surface area (Å²) in [6.07, 6.45) is -2.35. The van der Waals surface area contributed by atoms with Gasteiger partial charge in [-0.05, 0) is 19.9 Å². The van der Waals surface area contributed by atoms with Crippen LogP contribution >= 0.6 is 0 Å². The van der Waals surface area contributed by atoms with E-state index >= 15 is 0 Å². The average molecular weight is 267 g/mol. The molecule has 0 saturated carbocycles. The van der Waals surface area contributed by atoms with Crippen LogP contribution in [0.5, 0.6) is 0 Å². The molecule has 1 unspecified atom stereocenters. The molecule has 0 aromatic heterocycles. The first-order valence-electron chi connectivity index (χ1n) is 6.07. The maximum atomic E-state index is 12.5. The number of nitrogens with zero attached hydrogens (tertiary/aromatic N) is 2. The topological polar surface area (TPSA) is 49.6 Å². The van der Waals surface area contributed by atoms with E-state index in [1.165, 1.54) is 11.9 Å². The van der Waals surface area contributed by atoms with Crippen molar-refractivity contribution in [3.05, 3.63) is 0 Å². The summed E-state index contributed by atoms with van der Waals surface area (Å²) in [5.41, 5.74) is 5.12. The van der Waals surface area contributed by atoms with Crippen LogP contribution in [-0.4, -0.2) is 61.7 Å². The third-order valence-corrected chi connectivity index (χ3v) is 3.14. The van der Waals surface area contributed by atoms with Crippen molar-refractivity contribution in [1.82, 2.24) is 9.80 Å². The molecule has 7 heteroatoms. The van der Waals surface area contributed by atoms with Crippen LogP contribution in [-0.2, 0) is 4.79 Å². The van der Waals surface area contributed by atoms with Gasteiger partial charge in [0.25, 0.3) is 0 Å². The largest absolute Gasteiger partial charge is 0.394 e. The highest BCUT2D eigenvalue weighted by molar-refractivity contribution is 5.78. The monoisotopic (exact) mass is 267 g/mol. The Morgan fingerprint density at radius 2 is 1.94 bits per heavy atom. The molecular weight excluding hydrogens is 247 g/mol. The highest BCUT2D eigenvalue weighted by Crippen LogP contribution is 2.25. The van der Waals surface area contributed by atoms with E-state index in [0.29, 0.717) is 13.1 Å². The van der Waals surface area contributed by atoms with Gasteiger partial charge in [-0.2, -0.15) is 13.2 Å². The zero-order valence-electron chi connectivity index (χ0n) is 10.5. The number of likely N-dealkylation sites (tertiary alicyclic amines) is 1. The number of amides is 1. The van der Waals surface area contributed by atoms with E-state index in [4.69, 9.17) is 5.73 Å². The molecule has 0 aromatic rings. The fourth-order valence-corrected chi connectivity index (χ4v) is 2.05. The van der Waals surface area contributed by atoms with Gasteiger partial charge in [0.1, 0.15) is 0 Å². The lowest BCUT2D eigenvalue weighted by molar-refractivity contribution is -0.176. The standard InChI is InChI=1S/C11H20F3N3O/c1-16(7-9(6-15)11(12,13)14)8-10(18)17-4-2-3-5-17/h9H,2-8,15H2,1H3. The smallest absolute Gasteiger partial charge is 0.342 e. The third kappa shape index (κ3) is 4.45. The van der Waals surface area contributed by atoms with E-state index in [-0.39, 0.29) is 19.0 Å². The summed E-state index contributed by atoms with van der Waals surface area (Å²) in [4.78, 5) is 14.8. The van der Waals surface area contributed by atoms with Gasteiger partial charge in [0.05, 0.1) is 12.5 Å². The molecule has 106 valence electrons. The SMILES string of the molecule is CN(CC(=O)N1CCCC1)CC(CN)C(F)(F)F. The van der Waals surface area contributed by atoms with Crippen LogP contribution in [0.4, 0.5) is 13.2 Å².